The highest BCUT2D eigenvalue weighted by Gasteiger charge is 2.12. The first kappa shape index (κ1) is 23.7. The molecule has 0 fully saturated rings. The number of carbonyl (C=O) groups is 1. The van der Waals surface area contributed by atoms with Gasteiger partial charge in [0.1, 0.15) is 23.9 Å². The van der Waals surface area contributed by atoms with Gasteiger partial charge in [-0.1, -0.05) is 48.5 Å². The first-order valence-electron chi connectivity index (χ1n) is 11.7. The van der Waals surface area contributed by atoms with Gasteiger partial charge in [0.2, 0.25) is 0 Å². The number of para-hydroxylation sites is 1. The molecule has 0 radical (unpaired) electrons. The molecule has 0 saturated carbocycles. The van der Waals surface area contributed by atoms with Crippen LogP contribution in [-0.4, -0.2) is 21.9 Å². The minimum absolute atomic E-state index is 0.310. The van der Waals surface area contributed by atoms with E-state index in [4.69, 9.17) is 9.84 Å². The fraction of sp³-hybridized carbons (Fsp3) is 0.0333. The van der Waals surface area contributed by atoms with E-state index >= 15 is 0 Å². The fourth-order valence-corrected chi connectivity index (χ4v) is 3.70. The standard InChI is InChI=1S/C30H23FN4O2/c31-26-15-11-24(12-16-26)30(36)33-32-19-25-20-35(27-9-5-2-6-10-27)34-29(25)23-13-17-28(18-14-23)37-21-22-7-3-1-4-8-22/h1-20H,21H2,(H,33,36). The molecule has 0 bridgehead atoms. The van der Waals surface area contributed by atoms with Crippen LogP contribution in [0.25, 0.3) is 16.9 Å². The molecule has 1 N–H and O–H groups in total. The molecule has 0 aliphatic heterocycles. The second-order valence-corrected chi connectivity index (χ2v) is 8.22. The number of rotatable bonds is 8. The summed E-state index contributed by atoms with van der Waals surface area (Å²) in [5.74, 6) is -0.0976. The number of hydrazone groups is 1. The van der Waals surface area contributed by atoms with Crippen molar-refractivity contribution in [3.8, 4) is 22.7 Å². The van der Waals surface area contributed by atoms with E-state index < -0.39 is 11.7 Å². The number of halogens is 1. The summed E-state index contributed by atoms with van der Waals surface area (Å²) in [7, 11) is 0. The molecule has 182 valence electrons. The number of hydrogen-bond acceptors (Lipinski definition) is 4. The molecular weight excluding hydrogens is 467 g/mol. The van der Waals surface area contributed by atoms with Gasteiger partial charge in [-0.25, -0.2) is 14.5 Å². The molecule has 5 aromatic rings. The van der Waals surface area contributed by atoms with Crippen LogP contribution in [0, 0.1) is 5.82 Å². The summed E-state index contributed by atoms with van der Waals surface area (Å²) in [6.07, 6.45) is 3.39. The highest BCUT2D eigenvalue weighted by molar-refractivity contribution is 5.95. The maximum Gasteiger partial charge on any atom is 0.271 e. The number of aromatic nitrogens is 2. The molecule has 37 heavy (non-hydrogen) atoms. The van der Waals surface area contributed by atoms with Crippen molar-refractivity contribution in [2.75, 3.05) is 0 Å². The van der Waals surface area contributed by atoms with Gasteiger partial charge in [-0.2, -0.15) is 10.2 Å². The zero-order valence-corrected chi connectivity index (χ0v) is 19.8. The van der Waals surface area contributed by atoms with Crippen molar-refractivity contribution in [3.63, 3.8) is 0 Å². The van der Waals surface area contributed by atoms with Crippen molar-refractivity contribution in [2.24, 2.45) is 5.10 Å². The molecule has 7 heteroatoms. The topological polar surface area (TPSA) is 68.5 Å². The van der Waals surface area contributed by atoms with Gasteiger partial charge in [0.15, 0.2) is 0 Å². The lowest BCUT2D eigenvalue weighted by molar-refractivity contribution is 0.0955. The maximum atomic E-state index is 13.1. The largest absolute Gasteiger partial charge is 0.489 e. The van der Waals surface area contributed by atoms with Crippen LogP contribution in [-0.2, 0) is 6.61 Å². The van der Waals surface area contributed by atoms with Crippen LogP contribution in [0.4, 0.5) is 4.39 Å². The van der Waals surface area contributed by atoms with E-state index in [1.165, 1.54) is 24.3 Å². The van der Waals surface area contributed by atoms with E-state index in [2.05, 4.69) is 10.5 Å². The minimum atomic E-state index is -0.437. The molecule has 1 heterocycles. The number of hydrogen-bond donors (Lipinski definition) is 1. The van der Waals surface area contributed by atoms with Crippen LogP contribution in [0.1, 0.15) is 21.5 Å². The van der Waals surface area contributed by atoms with Crippen LogP contribution in [0.2, 0.25) is 0 Å². The summed E-state index contributed by atoms with van der Waals surface area (Å²) in [6, 6.07) is 32.6. The second-order valence-electron chi connectivity index (χ2n) is 8.22. The predicted molar refractivity (Wildman–Crippen MR) is 141 cm³/mol. The molecule has 0 atom stereocenters. The predicted octanol–water partition coefficient (Wildman–Crippen LogP) is 6.02. The molecule has 6 nitrogen and oxygen atoms in total. The van der Waals surface area contributed by atoms with E-state index in [-0.39, 0.29) is 0 Å². The number of carbonyl (C=O) groups excluding carboxylic acids is 1. The molecule has 0 saturated heterocycles. The van der Waals surface area contributed by atoms with E-state index in [0.717, 1.165) is 22.6 Å². The number of nitrogens with zero attached hydrogens (tertiary/aromatic N) is 3. The Morgan fingerprint density at radius 2 is 1.57 bits per heavy atom. The van der Waals surface area contributed by atoms with Crippen molar-refractivity contribution in [1.29, 1.82) is 0 Å². The molecule has 0 aliphatic rings. The highest BCUT2D eigenvalue weighted by atomic mass is 19.1. The Balaban J connectivity index is 1.37. The average molecular weight is 491 g/mol. The number of ether oxygens (including phenoxy) is 1. The second kappa shape index (κ2) is 11.1. The van der Waals surface area contributed by atoms with Gasteiger partial charge < -0.3 is 4.74 Å². The summed E-state index contributed by atoms with van der Waals surface area (Å²) >= 11 is 0. The van der Waals surface area contributed by atoms with E-state index in [1.807, 2.05) is 91.1 Å². The van der Waals surface area contributed by atoms with Gasteiger partial charge in [-0.05, 0) is 66.2 Å². The first-order chi connectivity index (χ1) is 18.2. The summed E-state index contributed by atoms with van der Waals surface area (Å²) < 4.78 is 20.8. The lowest BCUT2D eigenvalue weighted by atomic mass is 10.1. The lowest BCUT2D eigenvalue weighted by Gasteiger charge is -2.07. The Labute approximate surface area is 213 Å². The van der Waals surface area contributed by atoms with Crippen LogP contribution in [0.5, 0.6) is 5.75 Å². The number of nitrogens with one attached hydrogen (secondary N) is 1. The van der Waals surface area contributed by atoms with Gasteiger partial charge in [0.25, 0.3) is 5.91 Å². The van der Waals surface area contributed by atoms with Gasteiger partial charge in [-0.3, -0.25) is 4.79 Å². The summed E-state index contributed by atoms with van der Waals surface area (Å²) in [4.78, 5) is 12.3. The minimum Gasteiger partial charge on any atom is -0.489 e. The van der Waals surface area contributed by atoms with Crippen molar-refractivity contribution in [3.05, 3.63) is 138 Å². The summed E-state index contributed by atoms with van der Waals surface area (Å²) in [5, 5.41) is 8.89. The van der Waals surface area contributed by atoms with Gasteiger partial charge in [-0.15, -0.1) is 0 Å². The summed E-state index contributed by atoms with van der Waals surface area (Å²) in [5.41, 5.74) is 7.05. The third-order valence-corrected chi connectivity index (χ3v) is 5.62. The fourth-order valence-electron chi connectivity index (χ4n) is 3.70. The molecule has 1 aromatic heterocycles. The Kier molecular flexibility index (Phi) is 7.13. The van der Waals surface area contributed by atoms with Crippen molar-refractivity contribution < 1.29 is 13.9 Å². The van der Waals surface area contributed by atoms with Gasteiger partial charge >= 0.3 is 0 Å². The van der Waals surface area contributed by atoms with Crippen molar-refractivity contribution in [2.45, 2.75) is 6.61 Å². The number of benzene rings is 4. The SMILES string of the molecule is O=C(NN=Cc1cn(-c2ccccc2)nc1-c1ccc(OCc2ccccc2)cc1)c1ccc(F)cc1. The Morgan fingerprint density at radius 3 is 2.27 bits per heavy atom. The number of amides is 1. The zero-order valence-electron chi connectivity index (χ0n) is 19.8. The molecular formula is C30H23FN4O2. The molecule has 5 rings (SSSR count). The van der Waals surface area contributed by atoms with Crippen molar-refractivity contribution >= 4 is 12.1 Å². The van der Waals surface area contributed by atoms with E-state index in [0.29, 0.717) is 23.4 Å². The van der Waals surface area contributed by atoms with Gasteiger partial charge in [0.05, 0.1) is 11.9 Å². The molecule has 0 spiro atoms. The molecule has 0 unspecified atom stereocenters. The zero-order chi connectivity index (χ0) is 25.5. The lowest BCUT2D eigenvalue weighted by Crippen LogP contribution is -2.17. The smallest absolute Gasteiger partial charge is 0.271 e. The quantitative estimate of drug-likeness (QED) is 0.214. The van der Waals surface area contributed by atoms with Crippen LogP contribution >= 0.6 is 0 Å². The van der Waals surface area contributed by atoms with E-state index in [9.17, 15) is 9.18 Å². The Morgan fingerprint density at radius 1 is 0.892 bits per heavy atom. The van der Waals surface area contributed by atoms with Crippen LogP contribution in [0.3, 0.4) is 0 Å². The third kappa shape index (κ3) is 5.97. The highest BCUT2D eigenvalue weighted by Crippen LogP contribution is 2.25. The average Bonchev–Trinajstić information content (AvgIpc) is 3.38. The third-order valence-electron chi connectivity index (χ3n) is 5.62. The first-order valence-corrected chi connectivity index (χ1v) is 11.7. The molecule has 4 aromatic carbocycles. The van der Waals surface area contributed by atoms with Gasteiger partial charge in [0, 0.05) is 22.9 Å². The van der Waals surface area contributed by atoms with Crippen molar-refractivity contribution in [1.82, 2.24) is 15.2 Å². The normalized spacial score (nSPS) is 10.9. The summed E-state index contributed by atoms with van der Waals surface area (Å²) in [6.45, 7) is 0.481. The maximum absolute atomic E-state index is 13.1. The van der Waals surface area contributed by atoms with Crippen LogP contribution in [0.15, 0.2) is 120 Å². The Hall–Kier alpha value is -5.04. The Bertz CT molecular complexity index is 1500. The molecule has 1 amide bonds. The molecule has 0 aliphatic carbocycles. The monoisotopic (exact) mass is 490 g/mol. The van der Waals surface area contributed by atoms with Crippen LogP contribution < -0.4 is 10.2 Å². The van der Waals surface area contributed by atoms with E-state index in [1.54, 1.807) is 10.9 Å².